The highest BCUT2D eigenvalue weighted by atomic mass is 35.5. The second-order valence-corrected chi connectivity index (χ2v) is 9.69. The molecule has 2 aliphatic rings. The summed E-state index contributed by atoms with van der Waals surface area (Å²) in [5.41, 5.74) is 1.38. The lowest BCUT2D eigenvalue weighted by Gasteiger charge is -2.32. The minimum Gasteiger partial charge on any atom is -0.434 e. The number of hydrogen-bond acceptors (Lipinski definition) is 4. The van der Waals surface area contributed by atoms with Crippen LogP contribution in [0, 0.1) is 0 Å². The summed E-state index contributed by atoms with van der Waals surface area (Å²) >= 11 is 7.76. The van der Waals surface area contributed by atoms with E-state index in [1.807, 2.05) is 18.2 Å². The van der Waals surface area contributed by atoms with Crippen molar-refractivity contribution in [3.05, 3.63) is 52.8 Å². The van der Waals surface area contributed by atoms with E-state index in [0.717, 1.165) is 21.8 Å². The van der Waals surface area contributed by atoms with Gasteiger partial charge in [0.25, 0.3) is 0 Å². The predicted octanol–water partition coefficient (Wildman–Crippen LogP) is 5.61. The van der Waals surface area contributed by atoms with E-state index in [1.54, 1.807) is 32.0 Å². The molecule has 0 unspecified atom stereocenters. The minimum atomic E-state index is -2.91. The van der Waals surface area contributed by atoms with Crippen LogP contribution in [0.1, 0.15) is 43.6 Å². The van der Waals surface area contributed by atoms with Gasteiger partial charge in [0.15, 0.2) is 0 Å². The van der Waals surface area contributed by atoms with Crippen molar-refractivity contribution in [2.45, 2.75) is 54.6 Å². The zero-order valence-electron chi connectivity index (χ0n) is 15.8. The lowest BCUT2D eigenvalue weighted by atomic mass is 9.88. The van der Waals surface area contributed by atoms with Crippen molar-refractivity contribution in [3.63, 3.8) is 0 Å². The maximum atomic E-state index is 13.1. The lowest BCUT2D eigenvalue weighted by Crippen LogP contribution is -2.37. The summed E-state index contributed by atoms with van der Waals surface area (Å²) in [6.07, 6.45) is 0.656. The zero-order chi connectivity index (χ0) is 20.5. The number of halogens is 3. The summed E-state index contributed by atoms with van der Waals surface area (Å²) in [7, 11) is 0. The SMILES string of the molecule is CC(C)(O)[C@@H]1Sc2cccc(OC(F)F)c2[C@@H]2C[C@@H]1c1nc3ccc(Cl)cc3n12. The first kappa shape index (κ1) is 19.2. The summed E-state index contributed by atoms with van der Waals surface area (Å²) in [6.45, 7) is 0.657. The van der Waals surface area contributed by atoms with Crippen LogP contribution >= 0.6 is 23.4 Å². The second-order valence-electron chi connectivity index (χ2n) is 8.07. The van der Waals surface area contributed by atoms with Gasteiger partial charge in [-0.1, -0.05) is 17.7 Å². The average Bonchev–Trinajstić information content (AvgIpc) is 3.09. The smallest absolute Gasteiger partial charge is 0.387 e. The van der Waals surface area contributed by atoms with Gasteiger partial charge in [-0.3, -0.25) is 0 Å². The van der Waals surface area contributed by atoms with E-state index in [-0.39, 0.29) is 23.0 Å². The van der Waals surface area contributed by atoms with Crippen LogP contribution in [0.25, 0.3) is 11.0 Å². The molecule has 5 rings (SSSR count). The molecular weight excluding hydrogens is 418 g/mol. The zero-order valence-corrected chi connectivity index (χ0v) is 17.3. The first-order chi connectivity index (χ1) is 13.7. The third-order valence-electron chi connectivity index (χ3n) is 5.69. The molecule has 0 radical (unpaired) electrons. The Kier molecular flexibility index (Phi) is 4.35. The Balaban J connectivity index is 1.80. The van der Waals surface area contributed by atoms with Crippen molar-refractivity contribution in [2.75, 3.05) is 0 Å². The largest absolute Gasteiger partial charge is 0.434 e. The molecule has 152 valence electrons. The summed E-state index contributed by atoms with van der Waals surface area (Å²) in [5.74, 6) is 0.981. The fourth-order valence-electron chi connectivity index (χ4n) is 4.64. The molecule has 2 aromatic carbocycles. The molecule has 29 heavy (non-hydrogen) atoms. The van der Waals surface area contributed by atoms with E-state index in [0.29, 0.717) is 17.0 Å². The van der Waals surface area contributed by atoms with E-state index in [1.165, 1.54) is 11.8 Å². The molecule has 0 spiro atoms. The number of imidazole rings is 1. The van der Waals surface area contributed by atoms with E-state index in [2.05, 4.69) is 4.57 Å². The van der Waals surface area contributed by atoms with Gasteiger partial charge in [0.2, 0.25) is 0 Å². The molecule has 8 heteroatoms. The van der Waals surface area contributed by atoms with Gasteiger partial charge >= 0.3 is 6.61 Å². The van der Waals surface area contributed by atoms with Gasteiger partial charge in [0, 0.05) is 26.6 Å². The molecule has 0 saturated carbocycles. The molecular formula is C21H19ClF2N2O2S. The number of fused-ring (bicyclic) bond motifs is 9. The third-order valence-corrected chi connectivity index (χ3v) is 7.69. The number of hydrogen-bond donors (Lipinski definition) is 1. The topological polar surface area (TPSA) is 47.3 Å². The number of rotatable bonds is 3. The number of ether oxygens (including phenoxy) is 1. The minimum absolute atomic E-state index is 0.0389. The molecule has 0 aliphatic carbocycles. The van der Waals surface area contributed by atoms with Gasteiger partial charge in [0.1, 0.15) is 11.6 Å². The Morgan fingerprint density at radius 3 is 2.83 bits per heavy atom. The van der Waals surface area contributed by atoms with Crippen molar-refractivity contribution in [1.29, 1.82) is 0 Å². The number of nitrogens with zero attached hydrogens (tertiary/aromatic N) is 2. The third kappa shape index (κ3) is 3.02. The lowest BCUT2D eigenvalue weighted by molar-refractivity contribution is -0.0508. The standard InChI is InChI=1S/C21H19ClF2N2O2S/c1-21(2,27)18-11-9-14(17-15(28-20(23)24)4-3-5-16(17)29-18)26-13-8-10(22)6-7-12(13)25-19(11)26/h3-8,11,14,18,20,27H,9H2,1-2H3/t11-,14-,18+/m0/s1. The Morgan fingerprint density at radius 1 is 1.31 bits per heavy atom. The van der Waals surface area contributed by atoms with Gasteiger partial charge in [-0.25, -0.2) is 4.98 Å². The highest BCUT2D eigenvalue weighted by Gasteiger charge is 2.48. The van der Waals surface area contributed by atoms with E-state index < -0.39 is 12.2 Å². The average molecular weight is 437 g/mol. The monoisotopic (exact) mass is 436 g/mol. The van der Waals surface area contributed by atoms with Crippen LogP contribution < -0.4 is 4.74 Å². The maximum absolute atomic E-state index is 13.1. The van der Waals surface area contributed by atoms with Gasteiger partial charge in [-0.05, 0) is 50.6 Å². The molecule has 1 N–H and O–H groups in total. The van der Waals surface area contributed by atoms with Crippen LogP contribution in [-0.4, -0.2) is 32.1 Å². The van der Waals surface area contributed by atoms with Gasteiger partial charge in [-0.2, -0.15) is 8.78 Å². The molecule has 0 fully saturated rings. The van der Waals surface area contributed by atoms with Gasteiger partial charge < -0.3 is 14.4 Å². The molecule has 0 amide bonds. The molecule has 4 nitrogen and oxygen atoms in total. The number of thioether (sulfide) groups is 1. The molecule has 1 aromatic heterocycles. The van der Waals surface area contributed by atoms with Crippen molar-refractivity contribution in [2.24, 2.45) is 0 Å². The highest BCUT2D eigenvalue weighted by molar-refractivity contribution is 8.00. The Labute approximate surface area is 175 Å². The summed E-state index contributed by atoms with van der Waals surface area (Å²) < 4.78 is 33.3. The van der Waals surface area contributed by atoms with Crippen LogP contribution in [0.4, 0.5) is 8.78 Å². The van der Waals surface area contributed by atoms with E-state index in [9.17, 15) is 13.9 Å². The van der Waals surface area contributed by atoms with Crippen LogP contribution in [0.5, 0.6) is 5.75 Å². The summed E-state index contributed by atoms with van der Waals surface area (Å²) in [4.78, 5) is 5.68. The molecule has 2 aliphatic heterocycles. The molecule has 3 atom stereocenters. The first-order valence-electron chi connectivity index (χ1n) is 9.38. The molecule has 2 bridgehead atoms. The number of benzene rings is 2. The summed E-state index contributed by atoms with van der Waals surface area (Å²) in [6, 6.07) is 10.5. The number of aromatic nitrogens is 2. The quantitative estimate of drug-likeness (QED) is 0.579. The molecule has 3 heterocycles. The Bertz CT molecular complexity index is 1110. The Morgan fingerprint density at radius 2 is 2.10 bits per heavy atom. The number of alkyl halides is 2. The van der Waals surface area contributed by atoms with Gasteiger partial charge in [0.05, 0.1) is 22.7 Å². The number of aliphatic hydroxyl groups is 1. The fourth-order valence-corrected chi connectivity index (χ4v) is 6.29. The van der Waals surface area contributed by atoms with Crippen LogP contribution in [-0.2, 0) is 0 Å². The van der Waals surface area contributed by atoms with Crippen molar-refractivity contribution < 1.29 is 18.6 Å². The van der Waals surface area contributed by atoms with E-state index >= 15 is 0 Å². The predicted molar refractivity (Wildman–Crippen MR) is 109 cm³/mol. The second kappa shape index (κ2) is 6.59. The molecule has 0 saturated heterocycles. The Hall–Kier alpha value is -1.83. The van der Waals surface area contributed by atoms with Crippen molar-refractivity contribution in [1.82, 2.24) is 9.55 Å². The van der Waals surface area contributed by atoms with Gasteiger partial charge in [-0.15, -0.1) is 11.8 Å². The van der Waals surface area contributed by atoms with E-state index in [4.69, 9.17) is 21.3 Å². The summed E-state index contributed by atoms with van der Waals surface area (Å²) in [5, 5.41) is 11.3. The maximum Gasteiger partial charge on any atom is 0.387 e. The first-order valence-corrected chi connectivity index (χ1v) is 10.6. The van der Waals surface area contributed by atoms with Crippen molar-refractivity contribution in [3.8, 4) is 5.75 Å². The van der Waals surface area contributed by atoms with Crippen LogP contribution in [0.2, 0.25) is 5.02 Å². The highest BCUT2D eigenvalue weighted by Crippen LogP contribution is 2.57. The fraction of sp³-hybridized carbons (Fsp3) is 0.381. The van der Waals surface area contributed by atoms with Crippen molar-refractivity contribution >= 4 is 34.4 Å². The normalized spacial score (nSPS) is 23.2. The van der Waals surface area contributed by atoms with Crippen LogP contribution in [0.15, 0.2) is 41.3 Å². The van der Waals surface area contributed by atoms with Crippen LogP contribution in [0.3, 0.4) is 0 Å². The molecule has 3 aromatic rings.